The summed E-state index contributed by atoms with van der Waals surface area (Å²) in [6, 6.07) is 0. The number of rotatable bonds is 4. The van der Waals surface area contributed by atoms with Crippen molar-refractivity contribution in [3.63, 3.8) is 0 Å². The highest BCUT2D eigenvalue weighted by molar-refractivity contribution is 6.35. The summed E-state index contributed by atoms with van der Waals surface area (Å²) in [5, 5.41) is 5.70. The third-order valence-electron chi connectivity index (χ3n) is 1.89. The van der Waals surface area contributed by atoms with E-state index in [2.05, 4.69) is 19.2 Å². The Morgan fingerprint density at radius 1 is 1.31 bits per heavy atom. The molecule has 1 fully saturated rings. The molecule has 2 nitrogen and oxygen atoms in total. The monoisotopic (exact) mass is 198 g/mol. The summed E-state index contributed by atoms with van der Waals surface area (Å²) in [6.07, 6.45) is 4.56. The van der Waals surface area contributed by atoms with E-state index in [4.69, 9.17) is 0 Å². The molecule has 1 radical (unpaired) electrons. The van der Waals surface area contributed by atoms with Crippen LogP contribution in [0.25, 0.3) is 0 Å². The lowest BCUT2D eigenvalue weighted by Crippen LogP contribution is -2.12. The van der Waals surface area contributed by atoms with Crippen LogP contribution in [0.2, 0.25) is 10.6 Å². The van der Waals surface area contributed by atoms with Crippen molar-refractivity contribution in [3.8, 4) is 0 Å². The molecule has 1 amide bonds. The van der Waals surface area contributed by atoms with Crippen molar-refractivity contribution >= 4 is 21.1 Å². The van der Waals surface area contributed by atoms with Gasteiger partial charge >= 0.3 is 0 Å². The molecule has 13 heavy (non-hydrogen) atoms. The summed E-state index contributed by atoms with van der Waals surface area (Å²) >= 11 is 0.822. The fraction of sp³-hybridized carbons (Fsp3) is 0.900. The molecule has 0 spiro atoms. The predicted molar refractivity (Wildman–Crippen MR) is 58.2 cm³/mol. The van der Waals surface area contributed by atoms with Gasteiger partial charge in [0.1, 0.15) is 0 Å². The third kappa shape index (κ3) is 9.92. The molecule has 1 N–H and O–H groups in total. The normalized spacial score (nSPS) is 14.5. The largest absolute Gasteiger partial charge is 0.356 e. The van der Waals surface area contributed by atoms with E-state index in [0.717, 1.165) is 34.6 Å². The standard InChI is InChI=1S/C4H7NO.2C3H7.Al/c6-4-2-1-3-5-4;2*1-3-2;/h1-3H2,(H,5,6);2*1,3H2,2H3;. The van der Waals surface area contributed by atoms with E-state index in [-0.39, 0.29) is 5.91 Å². The van der Waals surface area contributed by atoms with E-state index < -0.39 is 0 Å². The first kappa shape index (κ1) is 13.0. The maximum atomic E-state index is 10.1. The highest BCUT2D eigenvalue weighted by atomic mass is 27.1. The number of carbonyl (C=O) groups is 1. The number of nitrogens with one attached hydrogen (secondary N) is 1. The zero-order valence-corrected chi connectivity index (χ0v) is 10.1. The first-order valence-electron chi connectivity index (χ1n) is 5.39. The van der Waals surface area contributed by atoms with E-state index in [0.29, 0.717) is 0 Å². The Bertz CT molecular complexity index is 116. The minimum absolute atomic E-state index is 0.204. The van der Waals surface area contributed by atoms with Crippen LogP contribution in [0.5, 0.6) is 0 Å². The molecule has 0 unspecified atom stereocenters. The van der Waals surface area contributed by atoms with Crippen molar-refractivity contribution in [2.45, 2.75) is 50.1 Å². The van der Waals surface area contributed by atoms with Crippen LogP contribution in [0.3, 0.4) is 0 Å². The van der Waals surface area contributed by atoms with Crippen molar-refractivity contribution in [1.29, 1.82) is 0 Å². The SMILES string of the molecule is CC[CH2][Al][CH2]CC.O=C1CCCN1. The predicted octanol–water partition coefficient (Wildman–Crippen LogP) is 2.24. The van der Waals surface area contributed by atoms with Crippen molar-refractivity contribution in [2.24, 2.45) is 0 Å². The summed E-state index contributed by atoms with van der Waals surface area (Å²) in [7, 11) is 0. The summed E-state index contributed by atoms with van der Waals surface area (Å²) < 4.78 is 0. The Kier molecular flexibility index (Phi) is 10.1. The first-order valence-corrected chi connectivity index (χ1v) is 7.02. The molecule has 0 aromatic heterocycles. The fourth-order valence-corrected chi connectivity index (χ4v) is 2.22. The lowest BCUT2D eigenvalue weighted by molar-refractivity contribution is -0.119. The second-order valence-corrected chi connectivity index (χ2v) is 5.05. The van der Waals surface area contributed by atoms with E-state index in [1.807, 2.05) is 0 Å². The van der Waals surface area contributed by atoms with Gasteiger partial charge in [-0.1, -0.05) is 26.7 Å². The summed E-state index contributed by atoms with van der Waals surface area (Å²) in [5.41, 5.74) is 0. The molecule has 0 bridgehead atoms. The van der Waals surface area contributed by atoms with Gasteiger partial charge in [-0.15, -0.1) is 10.6 Å². The summed E-state index contributed by atoms with van der Waals surface area (Å²) in [4.78, 5) is 10.1. The minimum atomic E-state index is 0.204. The third-order valence-corrected chi connectivity index (χ3v) is 3.86. The van der Waals surface area contributed by atoms with Gasteiger partial charge in [-0.3, -0.25) is 4.79 Å². The molecular formula is C10H21AlNO. The van der Waals surface area contributed by atoms with Crippen LogP contribution in [0.1, 0.15) is 39.5 Å². The van der Waals surface area contributed by atoms with Gasteiger partial charge in [-0.05, 0) is 6.42 Å². The topological polar surface area (TPSA) is 29.1 Å². The molecule has 1 heterocycles. The van der Waals surface area contributed by atoms with E-state index >= 15 is 0 Å². The Balaban J connectivity index is 0.000000223. The van der Waals surface area contributed by atoms with Crippen LogP contribution in [-0.4, -0.2) is 27.7 Å². The van der Waals surface area contributed by atoms with Crippen molar-refractivity contribution in [2.75, 3.05) is 6.54 Å². The number of carbonyl (C=O) groups excluding carboxylic acids is 1. The molecule has 75 valence electrons. The maximum absolute atomic E-state index is 10.1. The van der Waals surface area contributed by atoms with Crippen LogP contribution in [0.4, 0.5) is 0 Å². The van der Waals surface area contributed by atoms with Crippen LogP contribution in [0, 0.1) is 0 Å². The van der Waals surface area contributed by atoms with Gasteiger partial charge in [0, 0.05) is 13.0 Å². The van der Waals surface area contributed by atoms with Gasteiger partial charge in [0.2, 0.25) is 5.91 Å². The van der Waals surface area contributed by atoms with Gasteiger partial charge in [-0.2, -0.15) is 0 Å². The average Bonchev–Trinajstić information content (AvgIpc) is 2.58. The highest BCUT2D eigenvalue weighted by Gasteiger charge is 2.05. The van der Waals surface area contributed by atoms with Crippen molar-refractivity contribution < 1.29 is 4.79 Å². The van der Waals surface area contributed by atoms with Crippen LogP contribution in [0.15, 0.2) is 0 Å². The zero-order valence-electron chi connectivity index (χ0n) is 8.94. The van der Waals surface area contributed by atoms with Crippen molar-refractivity contribution in [3.05, 3.63) is 0 Å². The molecule has 1 rings (SSSR count). The lowest BCUT2D eigenvalue weighted by Gasteiger charge is -1.87. The van der Waals surface area contributed by atoms with Crippen LogP contribution in [-0.2, 0) is 4.79 Å². The molecule has 1 aliphatic rings. The molecule has 0 aliphatic carbocycles. The van der Waals surface area contributed by atoms with Crippen molar-refractivity contribution in [1.82, 2.24) is 5.32 Å². The molecule has 0 saturated carbocycles. The lowest BCUT2D eigenvalue weighted by atomic mass is 10.4. The minimum Gasteiger partial charge on any atom is -0.356 e. The molecule has 1 saturated heterocycles. The van der Waals surface area contributed by atoms with Gasteiger partial charge in [0.15, 0.2) is 15.2 Å². The Morgan fingerprint density at radius 2 is 1.92 bits per heavy atom. The second-order valence-electron chi connectivity index (χ2n) is 3.32. The average molecular weight is 198 g/mol. The van der Waals surface area contributed by atoms with Gasteiger partial charge in [-0.25, -0.2) is 0 Å². The molecular weight excluding hydrogens is 177 g/mol. The molecule has 0 aromatic carbocycles. The first-order chi connectivity index (χ1) is 6.31. The summed E-state index contributed by atoms with van der Waals surface area (Å²) in [5.74, 6) is 0.204. The molecule has 0 atom stereocenters. The molecule has 0 aromatic rings. The quantitative estimate of drug-likeness (QED) is 0.544. The van der Waals surface area contributed by atoms with Crippen LogP contribution >= 0.6 is 0 Å². The van der Waals surface area contributed by atoms with Gasteiger partial charge in [0.25, 0.3) is 0 Å². The Hall–Kier alpha value is 0.00247. The second kappa shape index (κ2) is 10.1. The smallest absolute Gasteiger partial charge is 0.220 e. The van der Waals surface area contributed by atoms with Crippen LogP contribution < -0.4 is 5.32 Å². The number of hydrogen-bond acceptors (Lipinski definition) is 1. The summed E-state index contributed by atoms with van der Waals surface area (Å²) in [6.45, 7) is 5.42. The van der Waals surface area contributed by atoms with E-state index in [1.54, 1.807) is 0 Å². The van der Waals surface area contributed by atoms with E-state index in [9.17, 15) is 4.79 Å². The molecule has 3 heteroatoms. The number of hydrogen-bond donors (Lipinski definition) is 1. The van der Waals surface area contributed by atoms with Gasteiger partial charge in [0.05, 0.1) is 0 Å². The number of amides is 1. The highest BCUT2D eigenvalue weighted by Crippen LogP contribution is 1.93. The van der Waals surface area contributed by atoms with Gasteiger partial charge < -0.3 is 5.32 Å². The molecule has 1 aliphatic heterocycles. The maximum Gasteiger partial charge on any atom is 0.220 e. The zero-order chi connectivity index (χ0) is 9.94. The Labute approximate surface area is 88.2 Å². The fourth-order valence-electron chi connectivity index (χ4n) is 1.12. The Morgan fingerprint density at radius 3 is 2.15 bits per heavy atom. The van der Waals surface area contributed by atoms with E-state index in [1.165, 1.54) is 23.4 Å².